The van der Waals surface area contributed by atoms with Gasteiger partial charge in [0.15, 0.2) is 0 Å². The first-order valence-electron chi connectivity index (χ1n) is 8.08. The molecule has 1 saturated heterocycles. The Hall–Kier alpha value is -2.04. The zero-order valence-electron chi connectivity index (χ0n) is 13.4. The molecule has 5 heteroatoms. The molecule has 3 nitrogen and oxygen atoms in total. The third-order valence-electron chi connectivity index (χ3n) is 4.64. The van der Waals surface area contributed by atoms with Crippen LogP contribution >= 0.6 is 12.4 Å². The second-order valence-corrected chi connectivity index (χ2v) is 6.07. The van der Waals surface area contributed by atoms with Crippen LogP contribution in [0.5, 0.6) is 0 Å². The monoisotopic (exact) mass is 345 g/mol. The molecule has 24 heavy (non-hydrogen) atoms. The van der Waals surface area contributed by atoms with Crippen LogP contribution in [0.1, 0.15) is 5.56 Å². The first-order valence-corrected chi connectivity index (χ1v) is 8.08. The lowest BCUT2D eigenvalue weighted by Crippen LogP contribution is -2.46. The van der Waals surface area contributed by atoms with E-state index >= 15 is 0 Å². The van der Waals surface area contributed by atoms with Crippen LogP contribution in [0.15, 0.2) is 54.7 Å². The maximum Gasteiger partial charge on any atom is 0.127 e. The van der Waals surface area contributed by atoms with Gasteiger partial charge >= 0.3 is 0 Å². The highest BCUT2D eigenvalue weighted by Gasteiger charge is 2.19. The zero-order chi connectivity index (χ0) is 15.6. The van der Waals surface area contributed by atoms with Gasteiger partial charge in [0.2, 0.25) is 0 Å². The number of anilines is 1. The summed E-state index contributed by atoms with van der Waals surface area (Å²) in [6.07, 6.45) is 1.99. The van der Waals surface area contributed by atoms with E-state index in [9.17, 15) is 4.39 Å². The first kappa shape index (κ1) is 16.8. The number of halogens is 2. The predicted octanol–water partition coefficient (Wildman–Crippen LogP) is 4.05. The Morgan fingerprint density at radius 1 is 0.917 bits per heavy atom. The van der Waals surface area contributed by atoms with E-state index in [2.05, 4.69) is 39.0 Å². The minimum absolute atomic E-state index is 0. The molecule has 1 N–H and O–H groups in total. The average Bonchev–Trinajstić information content (AvgIpc) is 3.06. The predicted molar refractivity (Wildman–Crippen MR) is 99.4 cm³/mol. The second-order valence-electron chi connectivity index (χ2n) is 6.07. The Labute approximate surface area is 147 Å². The van der Waals surface area contributed by atoms with Gasteiger partial charge in [0.25, 0.3) is 0 Å². The molecule has 3 aromatic rings. The van der Waals surface area contributed by atoms with E-state index in [1.165, 1.54) is 22.7 Å². The van der Waals surface area contributed by atoms with Crippen molar-refractivity contribution in [3.63, 3.8) is 0 Å². The van der Waals surface area contributed by atoms with E-state index < -0.39 is 0 Å². The van der Waals surface area contributed by atoms with Crippen molar-refractivity contribution in [2.75, 3.05) is 31.1 Å². The van der Waals surface area contributed by atoms with Gasteiger partial charge in [-0.2, -0.15) is 0 Å². The Balaban J connectivity index is 0.00000169. The molecule has 2 aromatic carbocycles. The first-order chi connectivity index (χ1) is 11.3. The van der Waals surface area contributed by atoms with Gasteiger partial charge in [-0.3, -0.25) is 4.90 Å². The number of nitrogens with zero attached hydrogens (tertiary/aromatic N) is 2. The molecular formula is C19H21ClFN3. The summed E-state index contributed by atoms with van der Waals surface area (Å²) in [5, 5.41) is 1.27. The van der Waals surface area contributed by atoms with Gasteiger partial charge in [-0.1, -0.05) is 24.3 Å². The summed E-state index contributed by atoms with van der Waals surface area (Å²) in [5.74, 6) is -0.105. The van der Waals surface area contributed by atoms with Crippen molar-refractivity contribution in [1.82, 2.24) is 9.88 Å². The van der Waals surface area contributed by atoms with E-state index in [0.29, 0.717) is 6.54 Å². The largest absolute Gasteiger partial charge is 0.368 e. The van der Waals surface area contributed by atoms with Crippen molar-refractivity contribution in [3.05, 3.63) is 66.1 Å². The fourth-order valence-corrected chi connectivity index (χ4v) is 3.36. The maximum atomic E-state index is 13.8. The Morgan fingerprint density at radius 3 is 2.50 bits per heavy atom. The second kappa shape index (κ2) is 7.24. The van der Waals surface area contributed by atoms with Gasteiger partial charge in [0.1, 0.15) is 5.82 Å². The number of aromatic nitrogens is 1. The minimum Gasteiger partial charge on any atom is -0.368 e. The van der Waals surface area contributed by atoms with Crippen LogP contribution in [-0.4, -0.2) is 36.1 Å². The van der Waals surface area contributed by atoms with E-state index in [1.807, 2.05) is 18.3 Å². The topological polar surface area (TPSA) is 22.3 Å². The molecule has 0 radical (unpaired) electrons. The van der Waals surface area contributed by atoms with Crippen LogP contribution in [0.3, 0.4) is 0 Å². The summed E-state index contributed by atoms with van der Waals surface area (Å²) < 4.78 is 13.8. The number of nitrogens with one attached hydrogen (secondary N) is 1. The molecule has 0 unspecified atom stereocenters. The summed E-state index contributed by atoms with van der Waals surface area (Å²) in [7, 11) is 0. The molecule has 1 fully saturated rings. The molecule has 126 valence electrons. The molecule has 4 rings (SSSR count). The van der Waals surface area contributed by atoms with Crippen molar-refractivity contribution in [3.8, 4) is 0 Å². The smallest absolute Gasteiger partial charge is 0.127 e. The van der Waals surface area contributed by atoms with E-state index in [0.717, 1.165) is 31.7 Å². The number of rotatable bonds is 3. The molecule has 0 atom stereocenters. The number of hydrogen-bond donors (Lipinski definition) is 1. The summed E-state index contributed by atoms with van der Waals surface area (Å²) >= 11 is 0. The molecule has 0 saturated carbocycles. The lowest BCUT2D eigenvalue weighted by molar-refractivity contribution is 0.247. The molecule has 1 aliphatic heterocycles. The molecule has 2 heterocycles. The molecule has 0 aliphatic carbocycles. The minimum atomic E-state index is -0.105. The van der Waals surface area contributed by atoms with E-state index in [1.54, 1.807) is 6.07 Å². The number of benzene rings is 2. The van der Waals surface area contributed by atoms with Crippen molar-refractivity contribution >= 4 is 29.0 Å². The average molecular weight is 346 g/mol. The third-order valence-corrected chi connectivity index (χ3v) is 4.64. The standard InChI is InChI=1S/C19H20FN3.ClH/c20-17-5-2-1-4-15(17)14-22-10-12-23(13-11-22)19-7-3-6-18-16(19)8-9-21-18;/h1-9,21H,10-14H2;1H. The molecule has 0 bridgehead atoms. The molecular weight excluding hydrogens is 325 g/mol. The van der Waals surface area contributed by atoms with Crippen LogP contribution in [0.25, 0.3) is 10.9 Å². The van der Waals surface area contributed by atoms with Gasteiger partial charge in [0, 0.05) is 61.1 Å². The van der Waals surface area contributed by atoms with Crippen molar-refractivity contribution in [1.29, 1.82) is 0 Å². The van der Waals surface area contributed by atoms with Crippen LogP contribution < -0.4 is 4.90 Å². The highest BCUT2D eigenvalue weighted by atomic mass is 35.5. The number of hydrogen-bond acceptors (Lipinski definition) is 2. The van der Waals surface area contributed by atoms with Gasteiger partial charge in [-0.25, -0.2) is 4.39 Å². The highest BCUT2D eigenvalue weighted by molar-refractivity contribution is 5.92. The SMILES string of the molecule is Cl.Fc1ccccc1CN1CCN(c2cccc3[nH]ccc23)CC1. The van der Waals surface area contributed by atoms with Crippen LogP contribution in [0, 0.1) is 5.82 Å². The van der Waals surface area contributed by atoms with Gasteiger partial charge < -0.3 is 9.88 Å². The number of piperazine rings is 1. The van der Waals surface area contributed by atoms with Crippen LogP contribution in [0.4, 0.5) is 10.1 Å². The summed E-state index contributed by atoms with van der Waals surface area (Å²) in [6.45, 7) is 4.54. The van der Waals surface area contributed by atoms with Crippen molar-refractivity contribution in [2.24, 2.45) is 0 Å². The zero-order valence-corrected chi connectivity index (χ0v) is 14.2. The number of H-pyrrole nitrogens is 1. The van der Waals surface area contributed by atoms with Crippen LogP contribution in [0.2, 0.25) is 0 Å². The fraction of sp³-hybridized carbons (Fsp3) is 0.263. The van der Waals surface area contributed by atoms with E-state index in [-0.39, 0.29) is 18.2 Å². The third kappa shape index (κ3) is 3.25. The van der Waals surface area contributed by atoms with Crippen molar-refractivity contribution < 1.29 is 4.39 Å². The highest BCUT2D eigenvalue weighted by Crippen LogP contribution is 2.27. The number of aromatic amines is 1. The fourth-order valence-electron chi connectivity index (χ4n) is 3.36. The van der Waals surface area contributed by atoms with Crippen LogP contribution in [-0.2, 0) is 6.54 Å². The lowest BCUT2D eigenvalue weighted by Gasteiger charge is -2.36. The van der Waals surface area contributed by atoms with Gasteiger partial charge in [-0.15, -0.1) is 12.4 Å². The Bertz CT molecular complexity index is 809. The Morgan fingerprint density at radius 2 is 1.71 bits per heavy atom. The summed E-state index contributed by atoms with van der Waals surface area (Å²) in [5.41, 5.74) is 3.25. The van der Waals surface area contributed by atoms with Gasteiger partial charge in [0.05, 0.1) is 0 Å². The van der Waals surface area contributed by atoms with Gasteiger partial charge in [-0.05, 0) is 24.3 Å². The number of fused-ring (bicyclic) bond motifs is 1. The maximum absolute atomic E-state index is 13.8. The molecule has 0 spiro atoms. The quantitative estimate of drug-likeness (QED) is 0.773. The van der Waals surface area contributed by atoms with E-state index in [4.69, 9.17) is 0 Å². The molecule has 1 aromatic heterocycles. The lowest BCUT2D eigenvalue weighted by atomic mass is 10.1. The summed E-state index contributed by atoms with van der Waals surface area (Å²) in [6, 6.07) is 15.6. The Kier molecular flexibility index (Phi) is 5.07. The normalized spacial score (nSPS) is 15.5. The van der Waals surface area contributed by atoms with Crippen molar-refractivity contribution in [2.45, 2.75) is 6.54 Å². The molecule has 0 amide bonds. The summed E-state index contributed by atoms with van der Waals surface area (Å²) in [4.78, 5) is 8.02. The molecule has 1 aliphatic rings.